The van der Waals surface area contributed by atoms with Gasteiger partial charge in [0.15, 0.2) is 5.82 Å². The molecule has 0 saturated heterocycles. The second kappa shape index (κ2) is 10.8. The van der Waals surface area contributed by atoms with Gasteiger partial charge in [0, 0.05) is 24.3 Å². The third-order valence-corrected chi connectivity index (χ3v) is 5.36. The molecular weight excluding hydrogens is 503 g/mol. The zero-order chi connectivity index (χ0) is 24.9. The van der Waals surface area contributed by atoms with Gasteiger partial charge in [-0.2, -0.15) is 10.2 Å². The number of nitrogens with zero attached hydrogens (tertiary/aromatic N) is 4. The fraction of sp³-hybridized carbons (Fsp3) is 0.130. The smallest absolute Gasteiger partial charge is 0.257 e. The minimum Gasteiger partial charge on any atom is -0.490 e. The molecule has 0 aliphatic carbocycles. The average molecular weight is 520 g/mol. The first kappa shape index (κ1) is 24.5. The Labute approximate surface area is 208 Å². The third kappa shape index (κ3) is 5.56. The Morgan fingerprint density at radius 3 is 2.51 bits per heavy atom. The maximum absolute atomic E-state index is 15.1. The number of carbonyl (C=O) groups is 1. The van der Waals surface area contributed by atoms with E-state index in [0.717, 1.165) is 12.1 Å². The van der Waals surface area contributed by atoms with Gasteiger partial charge in [0.2, 0.25) is 0 Å². The van der Waals surface area contributed by atoms with E-state index in [1.807, 2.05) is 0 Å². The number of anilines is 1. The maximum atomic E-state index is 15.1. The average Bonchev–Trinajstić information content (AvgIpc) is 3.35. The summed E-state index contributed by atoms with van der Waals surface area (Å²) in [5, 5.41) is 10.6. The monoisotopic (exact) mass is 519 g/mol. The predicted molar refractivity (Wildman–Crippen MR) is 126 cm³/mol. The second-order valence-corrected chi connectivity index (χ2v) is 7.91. The molecule has 0 aliphatic heterocycles. The number of aromatic nitrogens is 4. The van der Waals surface area contributed by atoms with Crippen LogP contribution < -0.4 is 10.1 Å². The van der Waals surface area contributed by atoms with E-state index >= 15 is 4.39 Å². The summed E-state index contributed by atoms with van der Waals surface area (Å²) in [6.07, 6.45) is 4.28. The fourth-order valence-corrected chi connectivity index (χ4v) is 3.66. The lowest BCUT2D eigenvalue weighted by Gasteiger charge is -2.14. The minimum absolute atomic E-state index is 0.0255. The molecule has 4 aromatic rings. The highest BCUT2D eigenvalue weighted by Gasteiger charge is 2.19. The molecule has 0 spiro atoms. The number of halogens is 4. The number of pyridine rings is 1. The topological polar surface area (TPSA) is 91.2 Å². The molecular formula is C23H17Cl2F2N5O3. The van der Waals surface area contributed by atoms with Crippen molar-refractivity contribution in [3.63, 3.8) is 0 Å². The zero-order valence-electron chi connectivity index (χ0n) is 18.1. The minimum atomic E-state index is -0.751. The fourth-order valence-electron chi connectivity index (χ4n) is 3.17. The van der Waals surface area contributed by atoms with Gasteiger partial charge in [0.05, 0.1) is 46.5 Å². The van der Waals surface area contributed by atoms with Crippen LogP contribution in [-0.4, -0.2) is 46.2 Å². The van der Waals surface area contributed by atoms with Gasteiger partial charge in [-0.05, 0) is 30.3 Å². The lowest BCUT2D eigenvalue weighted by Crippen LogP contribution is -2.14. The van der Waals surface area contributed by atoms with Crippen LogP contribution in [0.15, 0.2) is 55.0 Å². The Kier molecular flexibility index (Phi) is 7.54. The van der Waals surface area contributed by atoms with Crippen molar-refractivity contribution >= 4 is 34.8 Å². The molecule has 0 saturated carbocycles. The molecule has 1 amide bonds. The number of methoxy groups -OCH3 is 1. The number of ether oxygens (including phenoxy) is 2. The highest BCUT2D eigenvalue weighted by atomic mass is 35.5. The summed E-state index contributed by atoms with van der Waals surface area (Å²) in [5.74, 6) is -1.60. The maximum Gasteiger partial charge on any atom is 0.257 e. The molecule has 0 unspecified atom stereocenters. The molecule has 180 valence electrons. The quantitative estimate of drug-likeness (QED) is 0.322. The van der Waals surface area contributed by atoms with E-state index in [1.54, 1.807) is 0 Å². The van der Waals surface area contributed by atoms with E-state index in [9.17, 15) is 9.18 Å². The van der Waals surface area contributed by atoms with Crippen LogP contribution in [0.2, 0.25) is 10.0 Å². The van der Waals surface area contributed by atoms with Gasteiger partial charge in [-0.15, -0.1) is 4.80 Å². The standard InChI is InChI=1S/C23H17Cl2F2N5O3/c1-34-6-7-35-21-8-13(26)2-3-15(21)16-10-18(24)17(11-20(16)27)23(33)31-14-9-19(25)22(28-12-14)32-29-4-5-30-32/h2-5,8-12H,6-7H2,1H3,(H,31,33). The van der Waals surface area contributed by atoms with E-state index in [0.29, 0.717) is 0 Å². The molecule has 4 rings (SSSR count). The van der Waals surface area contributed by atoms with Crippen LogP contribution in [0, 0.1) is 11.6 Å². The number of rotatable bonds is 8. The molecule has 8 nitrogen and oxygen atoms in total. The number of hydrogen-bond donors (Lipinski definition) is 1. The Balaban J connectivity index is 1.59. The molecule has 35 heavy (non-hydrogen) atoms. The number of hydrogen-bond acceptors (Lipinski definition) is 6. The van der Waals surface area contributed by atoms with Crippen LogP contribution >= 0.6 is 23.2 Å². The van der Waals surface area contributed by atoms with Crippen molar-refractivity contribution in [2.24, 2.45) is 0 Å². The van der Waals surface area contributed by atoms with Crippen LogP contribution in [-0.2, 0) is 4.74 Å². The highest BCUT2D eigenvalue weighted by molar-refractivity contribution is 6.35. The van der Waals surface area contributed by atoms with Crippen molar-refractivity contribution in [3.05, 3.63) is 82.2 Å². The first-order valence-electron chi connectivity index (χ1n) is 10.1. The van der Waals surface area contributed by atoms with Crippen molar-refractivity contribution in [2.45, 2.75) is 0 Å². The normalized spacial score (nSPS) is 10.9. The SMILES string of the molecule is COCCOc1cc(F)ccc1-c1cc(Cl)c(C(=O)Nc2cnc(-n3nccn3)c(Cl)c2)cc1F. The van der Waals surface area contributed by atoms with Crippen molar-refractivity contribution in [3.8, 4) is 22.7 Å². The van der Waals surface area contributed by atoms with Crippen molar-refractivity contribution in [1.82, 2.24) is 20.0 Å². The summed E-state index contributed by atoms with van der Waals surface area (Å²) in [5.41, 5.74) is 0.446. The molecule has 0 atom stereocenters. The van der Waals surface area contributed by atoms with Gasteiger partial charge in [-0.25, -0.2) is 13.8 Å². The van der Waals surface area contributed by atoms with E-state index in [2.05, 4.69) is 20.5 Å². The number of nitrogens with one attached hydrogen (secondary N) is 1. The van der Waals surface area contributed by atoms with E-state index in [4.69, 9.17) is 32.7 Å². The molecule has 2 aromatic carbocycles. The molecule has 0 bridgehead atoms. The van der Waals surface area contributed by atoms with Crippen molar-refractivity contribution in [2.75, 3.05) is 25.6 Å². The first-order chi connectivity index (χ1) is 16.9. The molecule has 0 aliphatic rings. The Morgan fingerprint density at radius 1 is 1.03 bits per heavy atom. The lowest BCUT2D eigenvalue weighted by atomic mass is 10.0. The van der Waals surface area contributed by atoms with Gasteiger partial charge in [0.1, 0.15) is 24.0 Å². The number of benzene rings is 2. The highest BCUT2D eigenvalue weighted by Crippen LogP contribution is 2.36. The summed E-state index contributed by atoms with van der Waals surface area (Å²) in [4.78, 5) is 18.2. The molecule has 2 aromatic heterocycles. The largest absolute Gasteiger partial charge is 0.490 e. The Bertz CT molecular complexity index is 1370. The van der Waals surface area contributed by atoms with Gasteiger partial charge in [-0.3, -0.25) is 4.79 Å². The van der Waals surface area contributed by atoms with E-state index < -0.39 is 17.5 Å². The van der Waals surface area contributed by atoms with Crippen LogP contribution in [0.1, 0.15) is 10.4 Å². The predicted octanol–water partition coefficient (Wildman–Crippen LogP) is 5.19. The lowest BCUT2D eigenvalue weighted by molar-refractivity contribution is 0.102. The van der Waals surface area contributed by atoms with Gasteiger partial charge < -0.3 is 14.8 Å². The summed E-state index contributed by atoms with van der Waals surface area (Å²) >= 11 is 12.5. The van der Waals surface area contributed by atoms with Gasteiger partial charge >= 0.3 is 0 Å². The van der Waals surface area contributed by atoms with Crippen LogP contribution in [0.3, 0.4) is 0 Å². The summed E-state index contributed by atoms with van der Waals surface area (Å²) in [6.45, 7) is 0.394. The summed E-state index contributed by atoms with van der Waals surface area (Å²) in [7, 11) is 1.49. The number of amides is 1. The Hall–Kier alpha value is -3.60. The third-order valence-electron chi connectivity index (χ3n) is 4.77. The molecule has 12 heteroatoms. The molecule has 0 fully saturated rings. The number of carbonyl (C=O) groups excluding carboxylic acids is 1. The van der Waals surface area contributed by atoms with Gasteiger partial charge in [-0.1, -0.05) is 23.2 Å². The van der Waals surface area contributed by atoms with Crippen molar-refractivity contribution in [1.29, 1.82) is 0 Å². The molecule has 1 N–H and O–H groups in total. The Morgan fingerprint density at radius 2 is 1.80 bits per heavy atom. The van der Waals surface area contributed by atoms with Gasteiger partial charge in [0.25, 0.3) is 5.91 Å². The molecule has 2 heterocycles. The second-order valence-electron chi connectivity index (χ2n) is 7.10. The van der Waals surface area contributed by atoms with E-state index in [-0.39, 0.29) is 57.2 Å². The van der Waals surface area contributed by atoms with Crippen LogP contribution in [0.5, 0.6) is 5.75 Å². The van der Waals surface area contributed by atoms with E-state index in [1.165, 1.54) is 54.8 Å². The first-order valence-corrected chi connectivity index (χ1v) is 10.9. The molecule has 0 radical (unpaired) electrons. The summed E-state index contributed by atoms with van der Waals surface area (Å²) < 4.78 is 39.3. The van der Waals surface area contributed by atoms with Crippen LogP contribution in [0.25, 0.3) is 16.9 Å². The van der Waals surface area contributed by atoms with Crippen molar-refractivity contribution < 1.29 is 23.0 Å². The zero-order valence-corrected chi connectivity index (χ0v) is 19.6. The van der Waals surface area contributed by atoms with Crippen LogP contribution in [0.4, 0.5) is 14.5 Å². The summed E-state index contributed by atoms with van der Waals surface area (Å²) in [6, 6.07) is 7.40.